The molecule has 1 aromatic carbocycles. The van der Waals surface area contributed by atoms with Crippen LogP contribution in [0.2, 0.25) is 0 Å². The number of aromatic nitrogens is 1. The largest absolute Gasteiger partial charge is 0.396 e. The van der Waals surface area contributed by atoms with Crippen molar-refractivity contribution in [2.24, 2.45) is 5.92 Å². The molecule has 1 amide bonds. The van der Waals surface area contributed by atoms with Crippen LogP contribution in [0.3, 0.4) is 0 Å². The summed E-state index contributed by atoms with van der Waals surface area (Å²) in [5, 5.41) is 10.3. The fourth-order valence-corrected chi connectivity index (χ4v) is 4.93. The second-order valence-electron chi connectivity index (χ2n) is 8.45. The number of para-hydroxylation sites is 1. The van der Waals surface area contributed by atoms with Gasteiger partial charge >= 0.3 is 0 Å². The Morgan fingerprint density at radius 3 is 2.72 bits per heavy atom. The molecule has 2 saturated heterocycles. The van der Waals surface area contributed by atoms with Crippen molar-refractivity contribution in [1.82, 2.24) is 19.7 Å². The van der Waals surface area contributed by atoms with Crippen LogP contribution in [0.25, 0.3) is 10.9 Å². The van der Waals surface area contributed by atoms with E-state index in [0.29, 0.717) is 12.0 Å². The van der Waals surface area contributed by atoms with E-state index < -0.39 is 0 Å². The number of rotatable bonds is 5. The molecule has 1 N–H and O–H groups in total. The molecule has 156 valence electrons. The number of carbonyl (C=O) groups is 1. The topological polar surface area (TPSA) is 59.9 Å². The molecule has 0 bridgehead atoms. The number of piperidine rings is 1. The summed E-state index contributed by atoms with van der Waals surface area (Å²) in [5.74, 6) is 0.519. The summed E-state index contributed by atoms with van der Waals surface area (Å²) in [6.45, 7) is 6.19. The van der Waals surface area contributed by atoms with Crippen molar-refractivity contribution >= 4 is 16.8 Å². The molecule has 0 spiro atoms. The van der Waals surface area contributed by atoms with Gasteiger partial charge in [-0.25, -0.2) is 0 Å². The number of carbonyl (C=O) groups excluding carboxylic acids is 1. The predicted octanol–water partition coefficient (Wildman–Crippen LogP) is 2.09. The van der Waals surface area contributed by atoms with E-state index in [1.54, 1.807) is 6.20 Å². The maximum absolute atomic E-state index is 13.4. The van der Waals surface area contributed by atoms with Crippen molar-refractivity contribution in [3.05, 3.63) is 42.1 Å². The van der Waals surface area contributed by atoms with Crippen LogP contribution < -0.4 is 0 Å². The summed E-state index contributed by atoms with van der Waals surface area (Å²) in [5.41, 5.74) is 1.61. The first-order chi connectivity index (χ1) is 14.2. The van der Waals surface area contributed by atoms with E-state index in [-0.39, 0.29) is 12.5 Å². The molecule has 0 saturated carbocycles. The van der Waals surface area contributed by atoms with Crippen molar-refractivity contribution in [3.63, 3.8) is 0 Å². The highest BCUT2D eigenvalue weighted by Crippen LogP contribution is 2.29. The zero-order chi connectivity index (χ0) is 20.2. The maximum atomic E-state index is 13.4. The highest BCUT2D eigenvalue weighted by molar-refractivity contribution is 6.06. The van der Waals surface area contributed by atoms with Crippen LogP contribution >= 0.6 is 0 Å². The van der Waals surface area contributed by atoms with Gasteiger partial charge in [-0.3, -0.25) is 14.7 Å². The van der Waals surface area contributed by atoms with E-state index in [0.717, 1.165) is 75.0 Å². The molecule has 2 fully saturated rings. The number of likely N-dealkylation sites (N-methyl/N-ethyl adjacent to an activating group) is 1. The van der Waals surface area contributed by atoms with Gasteiger partial charge in [0.25, 0.3) is 5.91 Å². The molecule has 2 atom stereocenters. The van der Waals surface area contributed by atoms with E-state index in [9.17, 15) is 9.90 Å². The molecular weight excluding hydrogens is 364 g/mol. The SMILES string of the molecule is CN1CCN([C@@H]2CCN(C(=O)c3ccnc4ccccc34)C[C@@H]2CCCO)CC1. The number of aliphatic hydroxyl groups is 1. The van der Waals surface area contributed by atoms with Gasteiger partial charge in [-0.2, -0.15) is 0 Å². The van der Waals surface area contributed by atoms with Crippen LogP contribution in [0.5, 0.6) is 0 Å². The van der Waals surface area contributed by atoms with Crippen LogP contribution in [-0.4, -0.2) is 89.7 Å². The fraction of sp³-hybridized carbons (Fsp3) is 0.565. The minimum atomic E-state index is 0.106. The Morgan fingerprint density at radius 1 is 1.14 bits per heavy atom. The number of hydrogen-bond donors (Lipinski definition) is 1. The lowest BCUT2D eigenvalue weighted by Gasteiger charge is -2.46. The normalized spacial score (nSPS) is 24.1. The second kappa shape index (κ2) is 9.20. The van der Waals surface area contributed by atoms with Crippen LogP contribution in [0.15, 0.2) is 36.5 Å². The number of nitrogens with zero attached hydrogens (tertiary/aromatic N) is 4. The first kappa shape index (κ1) is 20.3. The average molecular weight is 397 g/mol. The van der Waals surface area contributed by atoms with E-state index >= 15 is 0 Å². The van der Waals surface area contributed by atoms with Crippen molar-refractivity contribution in [2.75, 3.05) is 52.9 Å². The van der Waals surface area contributed by atoms with Crippen LogP contribution in [0.4, 0.5) is 0 Å². The zero-order valence-electron chi connectivity index (χ0n) is 17.3. The van der Waals surface area contributed by atoms with Crippen molar-refractivity contribution in [3.8, 4) is 0 Å². The smallest absolute Gasteiger partial charge is 0.254 e. The van der Waals surface area contributed by atoms with Crippen molar-refractivity contribution in [1.29, 1.82) is 0 Å². The van der Waals surface area contributed by atoms with Crippen LogP contribution in [0.1, 0.15) is 29.6 Å². The quantitative estimate of drug-likeness (QED) is 0.839. The second-order valence-corrected chi connectivity index (χ2v) is 8.45. The van der Waals surface area contributed by atoms with E-state index in [4.69, 9.17) is 0 Å². The van der Waals surface area contributed by atoms with Crippen LogP contribution in [-0.2, 0) is 0 Å². The Morgan fingerprint density at radius 2 is 1.93 bits per heavy atom. The Balaban J connectivity index is 1.51. The Hall–Kier alpha value is -2.02. The molecule has 29 heavy (non-hydrogen) atoms. The van der Waals surface area contributed by atoms with E-state index in [2.05, 4.69) is 21.8 Å². The molecule has 2 aliphatic rings. The summed E-state index contributed by atoms with van der Waals surface area (Å²) >= 11 is 0. The van der Waals surface area contributed by atoms with Gasteiger partial charge in [-0.15, -0.1) is 0 Å². The van der Waals surface area contributed by atoms with E-state index in [1.165, 1.54) is 0 Å². The molecule has 0 aliphatic carbocycles. The molecule has 0 radical (unpaired) electrons. The lowest BCUT2D eigenvalue weighted by molar-refractivity contribution is 0.0218. The van der Waals surface area contributed by atoms with Gasteiger partial charge in [0.1, 0.15) is 0 Å². The van der Waals surface area contributed by atoms with Gasteiger partial charge in [0.15, 0.2) is 0 Å². The van der Waals surface area contributed by atoms with Crippen LogP contribution in [0, 0.1) is 5.92 Å². The number of amides is 1. The molecule has 0 unspecified atom stereocenters. The number of benzene rings is 1. The first-order valence-electron chi connectivity index (χ1n) is 10.8. The minimum absolute atomic E-state index is 0.106. The predicted molar refractivity (Wildman–Crippen MR) is 115 cm³/mol. The average Bonchev–Trinajstić information content (AvgIpc) is 2.77. The third-order valence-corrected chi connectivity index (χ3v) is 6.60. The molecule has 6 heteroatoms. The van der Waals surface area contributed by atoms with Gasteiger partial charge in [0.2, 0.25) is 0 Å². The number of hydrogen-bond acceptors (Lipinski definition) is 5. The number of likely N-dealkylation sites (tertiary alicyclic amines) is 1. The molecule has 2 aromatic rings. The standard InChI is InChI=1S/C23H32N4O2/c1-25-12-14-26(15-13-25)22-9-11-27(17-18(22)5-4-16-28)23(29)20-8-10-24-21-7-3-2-6-19(20)21/h2-3,6-8,10,18,22,28H,4-5,9,11-17H2,1H3/t18-,22+/m0/s1. The van der Waals surface area contributed by atoms with Crippen molar-refractivity contribution < 1.29 is 9.90 Å². The summed E-state index contributed by atoms with van der Waals surface area (Å²) in [6, 6.07) is 10.2. The summed E-state index contributed by atoms with van der Waals surface area (Å²) in [7, 11) is 2.18. The summed E-state index contributed by atoms with van der Waals surface area (Å²) < 4.78 is 0. The lowest BCUT2D eigenvalue weighted by atomic mass is 9.86. The van der Waals surface area contributed by atoms with Gasteiger partial charge < -0.3 is 14.9 Å². The zero-order valence-corrected chi connectivity index (χ0v) is 17.3. The summed E-state index contributed by atoms with van der Waals surface area (Å²) in [4.78, 5) is 24.8. The highest BCUT2D eigenvalue weighted by Gasteiger charge is 2.36. The Kier molecular flexibility index (Phi) is 6.43. The third-order valence-electron chi connectivity index (χ3n) is 6.60. The summed E-state index contributed by atoms with van der Waals surface area (Å²) in [6.07, 6.45) is 4.51. The third kappa shape index (κ3) is 4.44. The maximum Gasteiger partial charge on any atom is 0.254 e. The molecule has 2 aliphatic heterocycles. The molecule has 4 rings (SSSR count). The lowest BCUT2D eigenvalue weighted by Crippen LogP contribution is -2.56. The van der Waals surface area contributed by atoms with Gasteiger partial charge in [0.05, 0.1) is 11.1 Å². The van der Waals surface area contributed by atoms with Gasteiger partial charge in [-0.1, -0.05) is 18.2 Å². The minimum Gasteiger partial charge on any atom is -0.396 e. The van der Waals surface area contributed by atoms with Crippen molar-refractivity contribution in [2.45, 2.75) is 25.3 Å². The molecular formula is C23H32N4O2. The van der Waals surface area contributed by atoms with Gasteiger partial charge in [0, 0.05) is 63.5 Å². The Bertz CT molecular complexity index is 829. The number of fused-ring (bicyclic) bond motifs is 1. The molecule has 1 aromatic heterocycles. The molecule has 3 heterocycles. The Labute approximate surface area is 173 Å². The number of piperazine rings is 1. The highest BCUT2D eigenvalue weighted by atomic mass is 16.3. The number of pyridine rings is 1. The number of aliphatic hydroxyl groups excluding tert-OH is 1. The monoisotopic (exact) mass is 396 g/mol. The fourth-order valence-electron chi connectivity index (χ4n) is 4.93. The molecule has 6 nitrogen and oxygen atoms in total. The first-order valence-corrected chi connectivity index (χ1v) is 10.8. The van der Waals surface area contributed by atoms with Gasteiger partial charge in [-0.05, 0) is 44.4 Å². The van der Waals surface area contributed by atoms with E-state index in [1.807, 2.05) is 35.2 Å².